The number of carbonyl (C=O) groups excluding carboxylic acids is 1. The summed E-state index contributed by atoms with van der Waals surface area (Å²) in [6.45, 7) is 1.75. The number of carbonyl (C=O) groups is 1. The molecular formula is C16H13N3O3S2. The van der Waals surface area contributed by atoms with Gasteiger partial charge >= 0.3 is 0 Å². The Morgan fingerprint density at radius 1 is 1.25 bits per heavy atom. The highest BCUT2D eigenvalue weighted by atomic mass is 32.2. The van der Waals surface area contributed by atoms with E-state index >= 15 is 0 Å². The maximum atomic E-state index is 12.3. The van der Waals surface area contributed by atoms with E-state index in [1.807, 2.05) is 24.3 Å². The number of amides is 1. The van der Waals surface area contributed by atoms with Crippen molar-refractivity contribution >= 4 is 50.6 Å². The largest absolute Gasteiger partial charge is 0.319 e. The third-order valence-corrected chi connectivity index (χ3v) is 5.51. The first-order valence-corrected chi connectivity index (χ1v) is 8.81. The number of para-hydroxylation sites is 3. The summed E-state index contributed by atoms with van der Waals surface area (Å²) in [5.74, 6) is -0.298. The first kappa shape index (κ1) is 16.4. The van der Waals surface area contributed by atoms with Gasteiger partial charge in [0, 0.05) is 6.07 Å². The highest BCUT2D eigenvalue weighted by molar-refractivity contribution is 8.02. The van der Waals surface area contributed by atoms with E-state index in [-0.39, 0.29) is 17.3 Å². The fraction of sp³-hybridized carbons (Fsp3) is 0.125. The number of nitrogens with one attached hydrogen (secondary N) is 1. The summed E-state index contributed by atoms with van der Waals surface area (Å²) in [6.07, 6.45) is 0. The van der Waals surface area contributed by atoms with Gasteiger partial charge < -0.3 is 5.32 Å². The lowest BCUT2D eigenvalue weighted by Crippen LogP contribution is -2.22. The van der Waals surface area contributed by atoms with E-state index in [1.54, 1.807) is 19.1 Å². The highest BCUT2D eigenvalue weighted by Crippen LogP contribution is 2.32. The fourth-order valence-electron chi connectivity index (χ4n) is 2.08. The molecule has 3 rings (SSSR count). The number of fused-ring (bicyclic) bond motifs is 1. The Hall–Kier alpha value is -2.45. The lowest BCUT2D eigenvalue weighted by Gasteiger charge is -2.10. The number of aromatic nitrogens is 1. The zero-order valence-corrected chi connectivity index (χ0v) is 14.3. The maximum Gasteiger partial charge on any atom is 0.292 e. The summed E-state index contributed by atoms with van der Waals surface area (Å²) < 4.78 is 1.85. The third-order valence-electron chi connectivity index (χ3n) is 3.28. The molecule has 6 nitrogen and oxygen atoms in total. The minimum Gasteiger partial charge on any atom is -0.319 e. The van der Waals surface area contributed by atoms with Gasteiger partial charge in [-0.15, -0.1) is 11.3 Å². The zero-order valence-electron chi connectivity index (χ0n) is 12.6. The Morgan fingerprint density at radius 2 is 1.96 bits per heavy atom. The molecular weight excluding hydrogens is 346 g/mol. The second kappa shape index (κ2) is 6.98. The zero-order chi connectivity index (χ0) is 17.1. The van der Waals surface area contributed by atoms with Crippen LogP contribution in [0.3, 0.4) is 0 Å². The van der Waals surface area contributed by atoms with Gasteiger partial charge in [0.15, 0.2) is 4.34 Å². The van der Waals surface area contributed by atoms with E-state index in [4.69, 9.17) is 0 Å². The summed E-state index contributed by atoms with van der Waals surface area (Å²) in [4.78, 5) is 27.3. The molecule has 2 aromatic carbocycles. The topological polar surface area (TPSA) is 85.1 Å². The van der Waals surface area contributed by atoms with Crippen LogP contribution in [0.5, 0.6) is 0 Å². The SMILES string of the molecule is CC(Sc1nc2ccccc2s1)C(=O)Nc1ccccc1[N+](=O)[O-]. The Labute approximate surface area is 146 Å². The third kappa shape index (κ3) is 3.55. The molecule has 1 amide bonds. The Kier molecular flexibility index (Phi) is 4.77. The quantitative estimate of drug-likeness (QED) is 0.416. The van der Waals surface area contributed by atoms with Crippen LogP contribution in [0.1, 0.15) is 6.92 Å². The molecule has 0 spiro atoms. The molecule has 0 aliphatic rings. The van der Waals surface area contributed by atoms with Crippen molar-refractivity contribution in [1.29, 1.82) is 0 Å². The van der Waals surface area contributed by atoms with Crippen LogP contribution >= 0.6 is 23.1 Å². The minimum atomic E-state index is -0.513. The number of benzene rings is 2. The Balaban J connectivity index is 1.72. The van der Waals surface area contributed by atoms with Crippen LogP contribution in [0.25, 0.3) is 10.2 Å². The van der Waals surface area contributed by atoms with Crippen molar-refractivity contribution in [3.05, 3.63) is 58.6 Å². The van der Waals surface area contributed by atoms with E-state index < -0.39 is 10.2 Å². The molecule has 1 atom stereocenters. The summed E-state index contributed by atoms with van der Waals surface area (Å²) in [5.41, 5.74) is 0.976. The van der Waals surface area contributed by atoms with E-state index in [0.717, 1.165) is 14.6 Å². The van der Waals surface area contributed by atoms with Crippen molar-refractivity contribution < 1.29 is 9.72 Å². The van der Waals surface area contributed by atoms with Gasteiger partial charge in [0.1, 0.15) is 5.69 Å². The van der Waals surface area contributed by atoms with Crippen LogP contribution in [0.2, 0.25) is 0 Å². The van der Waals surface area contributed by atoms with Crippen LogP contribution in [-0.2, 0) is 4.79 Å². The van der Waals surface area contributed by atoms with Crippen LogP contribution in [0.15, 0.2) is 52.9 Å². The molecule has 3 aromatic rings. The summed E-state index contributed by atoms with van der Waals surface area (Å²) in [6, 6.07) is 13.9. The van der Waals surface area contributed by atoms with Gasteiger partial charge in [-0.2, -0.15) is 0 Å². The van der Waals surface area contributed by atoms with Crippen molar-refractivity contribution in [3.8, 4) is 0 Å². The monoisotopic (exact) mass is 359 g/mol. The number of nitro groups is 1. The molecule has 24 heavy (non-hydrogen) atoms. The van der Waals surface area contributed by atoms with Crippen molar-refractivity contribution in [3.63, 3.8) is 0 Å². The first-order valence-electron chi connectivity index (χ1n) is 7.11. The number of anilines is 1. The van der Waals surface area contributed by atoms with Crippen LogP contribution in [0.4, 0.5) is 11.4 Å². The molecule has 1 heterocycles. The van der Waals surface area contributed by atoms with Gasteiger partial charge in [0.25, 0.3) is 5.69 Å². The van der Waals surface area contributed by atoms with E-state index in [2.05, 4.69) is 10.3 Å². The number of thioether (sulfide) groups is 1. The van der Waals surface area contributed by atoms with Gasteiger partial charge in [0.05, 0.1) is 20.4 Å². The van der Waals surface area contributed by atoms with Gasteiger partial charge in [-0.05, 0) is 25.1 Å². The molecule has 122 valence electrons. The number of nitro benzene ring substituents is 1. The van der Waals surface area contributed by atoms with Gasteiger partial charge in [-0.3, -0.25) is 14.9 Å². The normalized spacial score (nSPS) is 12.0. The van der Waals surface area contributed by atoms with Crippen LogP contribution in [-0.4, -0.2) is 21.1 Å². The lowest BCUT2D eigenvalue weighted by molar-refractivity contribution is -0.383. The average Bonchev–Trinajstić information content (AvgIpc) is 2.97. The molecule has 0 radical (unpaired) electrons. The molecule has 1 N–H and O–H groups in total. The van der Waals surface area contributed by atoms with Gasteiger partial charge in [-0.25, -0.2) is 4.98 Å². The molecule has 0 bridgehead atoms. The van der Waals surface area contributed by atoms with Crippen LogP contribution in [0, 0.1) is 10.1 Å². The van der Waals surface area contributed by atoms with Crippen LogP contribution < -0.4 is 5.32 Å². The fourth-order valence-corrected chi connectivity index (χ4v) is 4.29. The van der Waals surface area contributed by atoms with Crippen molar-refractivity contribution in [2.75, 3.05) is 5.32 Å². The standard InChI is InChI=1S/C16H13N3O3S2/c1-10(23-16-18-12-7-3-5-9-14(12)24-16)15(20)17-11-6-2-4-8-13(11)19(21)22/h2-10H,1H3,(H,17,20). The van der Waals surface area contributed by atoms with Gasteiger partial charge in [0.2, 0.25) is 5.91 Å². The molecule has 0 saturated carbocycles. The Morgan fingerprint density at radius 3 is 2.71 bits per heavy atom. The van der Waals surface area contributed by atoms with Crippen molar-refractivity contribution in [2.24, 2.45) is 0 Å². The number of thiazole rings is 1. The second-order valence-electron chi connectivity index (χ2n) is 4.97. The van der Waals surface area contributed by atoms with Gasteiger partial charge in [-0.1, -0.05) is 36.0 Å². The summed E-state index contributed by atoms with van der Waals surface area (Å²) >= 11 is 2.86. The molecule has 1 aromatic heterocycles. The molecule has 0 aliphatic heterocycles. The average molecular weight is 359 g/mol. The molecule has 0 aliphatic carbocycles. The number of rotatable bonds is 5. The number of hydrogen-bond donors (Lipinski definition) is 1. The number of hydrogen-bond acceptors (Lipinski definition) is 6. The van der Waals surface area contributed by atoms with Crippen molar-refractivity contribution in [1.82, 2.24) is 4.98 Å². The highest BCUT2D eigenvalue weighted by Gasteiger charge is 2.20. The first-order chi connectivity index (χ1) is 11.5. The minimum absolute atomic E-state index is 0.122. The molecule has 0 saturated heterocycles. The summed E-state index contributed by atoms with van der Waals surface area (Å²) in [5, 5.41) is 13.2. The van der Waals surface area contributed by atoms with E-state index in [0.29, 0.717) is 0 Å². The maximum absolute atomic E-state index is 12.3. The second-order valence-corrected chi connectivity index (χ2v) is 7.59. The number of nitrogens with zero attached hydrogens (tertiary/aromatic N) is 2. The van der Waals surface area contributed by atoms with E-state index in [9.17, 15) is 14.9 Å². The molecule has 0 fully saturated rings. The summed E-state index contributed by atoms with van der Waals surface area (Å²) in [7, 11) is 0. The predicted octanol–water partition coefficient (Wildman–Crippen LogP) is 4.32. The molecule has 8 heteroatoms. The Bertz CT molecular complexity index is 877. The lowest BCUT2D eigenvalue weighted by atomic mass is 10.2. The molecule has 1 unspecified atom stereocenters. The smallest absolute Gasteiger partial charge is 0.292 e. The van der Waals surface area contributed by atoms with Crippen molar-refractivity contribution in [2.45, 2.75) is 16.5 Å². The predicted molar refractivity (Wildman–Crippen MR) is 96.7 cm³/mol. The van der Waals surface area contributed by atoms with E-state index in [1.165, 1.54) is 35.2 Å².